The van der Waals surface area contributed by atoms with E-state index in [0.29, 0.717) is 13.0 Å². The van der Waals surface area contributed by atoms with Crippen molar-refractivity contribution in [1.82, 2.24) is 14.7 Å². The molecular weight excluding hydrogens is 306 g/mol. The SMILES string of the molecule is Cc1nn(C2CCCCO2)c(C)c1C=CC(=O)N1CCC=CC1=O. The lowest BCUT2D eigenvalue weighted by Crippen LogP contribution is -2.37. The molecule has 6 nitrogen and oxygen atoms in total. The fraction of sp³-hybridized carbons (Fsp3) is 0.500. The molecule has 1 fully saturated rings. The first-order chi connectivity index (χ1) is 11.6. The van der Waals surface area contributed by atoms with E-state index in [2.05, 4.69) is 5.10 Å². The molecule has 128 valence electrons. The number of carbonyl (C=O) groups is 2. The minimum absolute atomic E-state index is 0.0240. The summed E-state index contributed by atoms with van der Waals surface area (Å²) >= 11 is 0. The number of carbonyl (C=O) groups excluding carboxylic acids is 2. The number of ether oxygens (including phenoxy) is 1. The second kappa shape index (κ2) is 7.13. The topological polar surface area (TPSA) is 64.4 Å². The summed E-state index contributed by atoms with van der Waals surface area (Å²) in [7, 11) is 0. The molecule has 3 rings (SSSR count). The lowest BCUT2D eigenvalue weighted by atomic mass is 10.1. The van der Waals surface area contributed by atoms with Crippen LogP contribution in [-0.4, -0.2) is 39.6 Å². The van der Waals surface area contributed by atoms with Gasteiger partial charge in [-0.25, -0.2) is 4.68 Å². The number of nitrogens with zero attached hydrogens (tertiary/aromatic N) is 3. The van der Waals surface area contributed by atoms with Crippen LogP contribution in [0.5, 0.6) is 0 Å². The molecule has 0 aromatic carbocycles. The predicted molar refractivity (Wildman–Crippen MR) is 90.1 cm³/mol. The van der Waals surface area contributed by atoms with Crippen LogP contribution in [0.25, 0.3) is 6.08 Å². The van der Waals surface area contributed by atoms with Gasteiger partial charge in [0.25, 0.3) is 11.8 Å². The van der Waals surface area contributed by atoms with Gasteiger partial charge in [-0.05, 0) is 51.7 Å². The molecule has 0 N–H and O–H groups in total. The number of aromatic nitrogens is 2. The number of imide groups is 1. The van der Waals surface area contributed by atoms with Crippen molar-refractivity contribution in [2.24, 2.45) is 0 Å². The van der Waals surface area contributed by atoms with Crippen LogP contribution >= 0.6 is 0 Å². The van der Waals surface area contributed by atoms with Gasteiger partial charge in [-0.15, -0.1) is 0 Å². The van der Waals surface area contributed by atoms with Crippen molar-refractivity contribution in [3.63, 3.8) is 0 Å². The lowest BCUT2D eigenvalue weighted by molar-refractivity contribution is -0.139. The van der Waals surface area contributed by atoms with Gasteiger partial charge < -0.3 is 4.74 Å². The Hall–Kier alpha value is -2.21. The van der Waals surface area contributed by atoms with Gasteiger partial charge in [0.15, 0.2) is 0 Å². The highest BCUT2D eigenvalue weighted by Gasteiger charge is 2.22. The summed E-state index contributed by atoms with van der Waals surface area (Å²) in [6, 6.07) is 0. The van der Waals surface area contributed by atoms with E-state index < -0.39 is 0 Å². The van der Waals surface area contributed by atoms with E-state index in [0.717, 1.165) is 42.8 Å². The third-order valence-corrected chi connectivity index (χ3v) is 4.51. The van der Waals surface area contributed by atoms with Crippen molar-refractivity contribution >= 4 is 17.9 Å². The molecule has 1 aromatic rings. The molecule has 6 heteroatoms. The molecule has 1 aromatic heterocycles. The summed E-state index contributed by atoms with van der Waals surface area (Å²) in [5.74, 6) is -0.541. The van der Waals surface area contributed by atoms with E-state index in [1.54, 1.807) is 12.2 Å². The maximum absolute atomic E-state index is 12.2. The summed E-state index contributed by atoms with van der Waals surface area (Å²) in [4.78, 5) is 25.2. The average molecular weight is 329 g/mol. The van der Waals surface area contributed by atoms with Gasteiger partial charge in [-0.3, -0.25) is 14.5 Å². The minimum Gasteiger partial charge on any atom is -0.357 e. The normalized spacial score (nSPS) is 21.7. The Balaban J connectivity index is 1.77. The Labute approximate surface area is 141 Å². The first-order valence-corrected chi connectivity index (χ1v) is 8.45. The molecule has 1 atom stereocenters. The number of aryl methyl sites for hydroxylation is 1. The Bertz CT molecular complexity index is 697. The zero-order valence-electron chi connectivity index (χ0n) is 14.2. The smallest absolute Gasteiger partial charge is 0.253 e. The van der Waals surface area contributed by atoms with Crippen LogP contribution in [0.4, 0.5) is 0 Å². The van der Waals surface area contributed by atoms with Gasteiger partial charge in [0.2, 0.25) is 0 Å². The maximum atomic E-state index is 12.2. The van der Waals surface area contributed by atoms with E-state index in [1.165, 1.54) is 17.1 Å². The monoisotopic (exact) mass is 329 g/mol. The molecule has 2 aliphatic heterocycles. The van der Waals surface area contributed by atoms with Crippen LogP contribution in [0.2, 0.25) is 0 Å². The van der Waals surface area contributed by atoms with Crippen LogP contribution < -0.4 is 0 Å². The maximum Gasteiger partial charge on any atom is 0.253 e. The molecule has 0 saturated carbocycles. The van der Waals surface area contributed by atoms with E-state index in [9.17, 15) is 9.59 Å². The average Bonchev–Trinajstić information content (AvgIpc) is 2.88. The van der Waals surface area contributed by atoms with Crippen molar-refractivity contribution in [2.75, 3.05) is 13.2 Å². The number of amides is 2. The van der Waals surface area contributed by atoms with Crippen molar-refractivity contribution in [3.05, 3.63) is 35.2 Å². The van der Waals surface area contributed by atoms with Crippen LogP contribution in [0.15, 0.2) is 18.2 Å². The van der Waals surface area contributed by atoms with E-state index in [4.69, 9.17) is 4.74 Å². The summed E-state index contributed by atoms with van der Waals surface area (Å²) < 4.78 is 7.71. The molecule has 2 amide bonds. The second-order valence-electron chi connectivity index (χ2n) is 6.20. The van der Waals surface area contributed by atoms with E-state index in [-0.39, 0.29) is 18.0 Å². The third kappa shape index (κ3) is 3.33. The summed E-state index contributed by atoms with van der Waals surface area (Å²) in [5.41, 5.74) is 2.75. The van der Waals surface area contributed by atoms with E-state index in [1.807, 2.05) is 18.5 Å². The minimum atomic E-state index is -0.287. The quantitative estimate of drug-likeness (QED) is 0.799. The van der Waals surface area contributed by atoms with Gasteiger partial charge in [0, 0.05) is 30.5 Å². The first kappa shape index (κ1) is 16.6. The Morgan fingerprint density at radius 1 is 1.38 bits per heavy atom. The second-order valence-corrected chi connectivity index (χ2v) is 6.20. The standard InChI is InChI=1S/C18H23N3O3/c1-13-15(9-10-17(23)20-11-5-3-7-16(20)22)14(2)21(19-13)18-8-4-6-12-24-18/h3,7,9-10,18H,4-6,8,11-12H2,1-2H3. The molecule has 0 aliphatic carbocycles. The molecule has 1 saturated heterocycles. The Morgan fingerprint density at radius 3 is 2.92 bits per heavy atom. The van der Waals surface area contributed by atoms with Gasteiger partial charge in [0.1, 0.15) is 6.23 Å². The number of rotatable bonds is 3. The summed E-state index contributed by atoms with van der Waals surface area (Å²) in [6.07, 6.45) is 10.3. The van der Waals surface area contributed by atoms with Crippen molar-refractivity contribution < 1.29 is 14.3 Å². The fourth-order valence-electron chi connectivity index (χ4n) is 3.17. The van der Waals surface area contributed by atoms with Crippen LogP contribution in [0, 0.1) is 13.8 Å². The molecule has 1 unspecified atom stereocenters. The van der Waals surface area contributed by atoms with Crippen molar-refractivity contribution in [2.45, 2.75) is 45.8 Å². The van der Waals surface area contributed by atoms with Gasteiger partial charge in [-0.2, -0.15) is 5.10 Å². The molecule has 2 aliphatic rings. The Kier molecular flexibility index (Phi) is 4.94. The predicted octanol–water partition coefficient (Wildman–Crippen LogP) is 2.53. The highest BCUT2D eigenvalue weighted by atomic mass is 16.5. The fourth-order valence-corrected chi connectivity index (χ4v) is 3.17. The highest BCUT2D eigenvalue weighted by molar-refractivity contribution is 6.06. The third-order valence-electron chi connectivity index (χ3n) is 4.51. The lowest BCUT2D eigenvalue weighted by Gasteiger charge is -2.24. The largest absolute Gasteiger partial charge is 0.357 e. The van der Waals surface area contributed by atoms with Crippen molar-refractivity contribution in [1.29, 1.82) is 0 Å². The molecule has 24 heavy (non-hydrogen) atoms. The number of hydrogen-bond acceptors (Lipinski definition) is 4. The van der Waals surface area contributed by atoms with Gasteiger partial charge >= 0.3 is 0 Å². The zero-order chi connectivity index (χ0) is 17.1. The van der Waals surface area contributed by atoms with Crippen LogP contribution in [-0.2, 0) is 14.3 Å². The Morgan fingerprint density at radius 2 is 2.21 bits per heavy atom. The number of hydrogen-bond donors (Lipinski definition) is 0. The molecular formula is C18H23N3O3. The summed E-state index contributed by atoms with van der Waals surface area (Å²) in [6.45, 7) is 5.10. The van der Waals surface area contributed by atoms with Gasteiger partial charge in [0.05, 0.1) is 5.69 Å². The molecule has 3 heterocycles. The zero-order valence-corrected chi connectivity index (χ0v) is 14.2. The van der Waals surface area contributed by atoms with Crippen LogP contribution in [0.3, 0.4) is 0 Å². The summed E-state index contributed by atoms with van der Waals surface area (Å²) in [5, 5.41) is 4.58. The van der Waals surface area contributed by atoms with Crippen molar-refractivity contribution in [3.8, 4) is 0 Å². The first-order valence-electron chi connectivity index (χ1n) is 8.45. The highest BCUT2D eigenvalue weighted by Crippen LogP contribution is 2.26. The molecule has 0 spiro atoms. The van der Waals surface area contributed by atoms with E-state index >= 15 is 0 Å². The molecule has 0 bridgehead atoms. The molecule has 0 radical (unpaired) electrons. The van der Waals surface area contributed by atoms with Gasteiger partial charge in [-0.1, -0.05) is 6.08 Å². The van der Waals surface area contributed by atoms with Crippen LogP contribution in [0.1, 0.15) is 48.9 Å².